The van der Waals surface area contributed by atoms with Crippen LogP contribution in [0.4, 0.5) is 0 Å². The molecule has 2 aliphatic heterocycles. The highest BCUT2D eigenvalue weighted by atomic mass is 16.8. The molecule has 3 rings (SSSR count). The lowest BCUT2D eigenvalue weighted by molar-refractivity contribution is -0.351. The van der Waals surface area contributed by atoms with Gasteiger partial charge in [-0.2, -0.15) is 0 Å². The maximum Gasteiger partial charge on any atom is 0.339 e. The first-order valence-electron chi connectivity index (χ1n) is 8.92. The second-order valence-corrected chi connectivity index (χ2v) is 7.62. The normalized spacial score (nSPS) is 48.4. The fourth-order valence-corrected chi connectivity index (χ4v) is 4.16. The van der Waals surface area contributed by atoms with Crippen molar-refractivity contribution in [3.05, 3.63) is 11.8 Å². The van der Waals surface area contributed by atoms with Crippen LogP contribution in [0, 0.1) is 5.92 Å². The molecule has 11 heteroatoms. The van der Waals surface area contributed by atoms with Gasteiger partial charge in [0.05, 0.1) is 31.5 Å². The second-order valence-electron chi connectivity index (χ2n) is 7.62. The van der Waals surface area contributed by atoms with Crippen molar-refractivity contribution in [3.63, 3.8) is 0 Å². The zero-order chi connectivity index (χ0) is 20.9. The van der Waals surface area contributed by atoms with Gasteiger partial charge in [0, 0.05) is 0 Å². The summed E-state index contributed by atoms with van der Waals surface area (Å²) in [5.41, 5.74) is -3.49. The molecule has 0 spiro atoms. The largest absolute Gasteiger partial charge is 0.471 e. The Morgan fingerprint density at radius 3 is 2.46 bits per heavy atom. The Morgan fingerprint density at radius 1 is 1.18 bits per heavy atom. The van der Waals surface area contributed by atoms with Gasteiger partial charge in [0.15, 0.2) is 6.29 Å². The molecule has 0 amide bonds. The molecule has 6 N–H and O–H groups in total. The Bertz CT molecular complexity index is 633. The topological polar surface area (TPSA) is 175 Å². The number of rotatable bonds is 4. The first-order chi connectivity index (χ1) is 13.1. The van der Waals surface area contributed by atoms with E-state index in [1.807, 2.05) is 0 Å². The van der Waals surface area contributed by atoms with Crippen LogP contribution in [0.2, 0.25) is 0 Å². The van der Waals surface area contributed by atoms with Crippen molar-refractivity contribution < 1.29 is 54.4 Å². The highest BCUT2D eigenvalue weighted by Gasteiger charge is 2.64. The van der Waals surface area contributed by atoms with Crippen molar-refractivity contribution in [1.29, 1.82) is 0 Å². The third-order valence-electron chi connectivity index (χ3n) is 5.78. The van der Waals surface area contributed by atoms with Crippen molar-refractivity contribution >= 4 is 5.97 Å². The number of aliphatic hydroxyl groups is 6. The molecule has 1 unspecified atom stereocenters. The molecular formula is C17H26O11. The van der Waals surface area contributed by atoms with E-state index in [4.69, 9.17) is 14.2 Å². The molecule has 0 bridgehead atoms. The highest BCUT2D eigenvalue weighted by molar-refractivity contribution is 5.90. The van der Waals surface area contributed by atoms with Crippen LogP contribution in [0.1, 0.15) is 19.8 Å². The summed E-state index contributed by atoms with van der Waals surface area (Å²) in [4.78, 5) is 12.0. The number of carbonyl (C=O) groups excluding carboxylic acids is 1. The first kappa shape index (κ1) is 21.4. The molecule has 0 aromatic heterocycles. The zero-order valence-corrected chi connectivity index (χ0v) is 15.5. The summed E-state index contributed by atoms with van der Waals surface area (Å²) >= 11 is 0. The summed E-state index contributed by atoms with van der Waals surface area (Å²) in [6, 6.07) is 0. The van der Waals surface area contributed by atoms with Crippen LogP contribution >= 0.6 is 0 Å². The molecule has 0 aromatic carbocycles. The van der Waals surface area contributed by atoms with E-state index in [0.29, 0.717) is 0 Å². The van der Waals surface area contributed by atoms with E-state index in [9.17, 15) is 35.4 Å². The SMILES string of the molecule is COC(=O)C1=CO[C@@H](OC2O[C@H](CO)[C@@H](O)[C@H](O)[C@H]2O)[C@@H]2[C@@](C)(O)CC[C@]12O. The van der Waals surface area contributed by atoms with Crippen molar-refractivity contribution in [2.75, 3.05) is 13.7 Å². The summed E-state index contributed by atoms with van der Waals surface area (Å²) in [5, 5.41) is 61.1. The molecule has 0 aromatic rings. The zero-order valence-electron chi connectivity index (χ0n) is 15.5. The molecule has 3 aliphatic rings. The predicted molar refractivity (Wildman–Crippen MR) is 88.1 cm³/mol. The molecule has 160 valence electrons. The van der Waals surface area contributed by atoms with Gasteiger partial charge in [0.2, 0.25) is 6.29 Å². The lowest BCUT2D eigenvalue weighted by Crippen LogP contribution is -2.62. The smallest absolute Gasteiger partial charge is 0.339 e. The molecule has 1 saturated carbocycles. The number of carbonyl (C=O) groups is 1. The van der Waals surface area contributed by atoms with Crippen molar-refractivity contribution in [3.8, 4) is 0 Å². The molecule has 0 radical (unpaired) electrons. The number of aliphatic hydroxyl groups excluding tert-OH is 4. The number of fused-ring (bicyclic) bond motifs is 1. The van der Waals surface area contributed by atoms with Crippen LogP contribution in [-0.4, -0.2) is 98.5 Å². The third-order valence-corrected chi connectivity index (χ3v) is 5.78. The minimum atomic E-state index is -1.81. The maximum absolute atomic E-state index is 12.0. The minimum Gasteiger partial charge on any atom is -0.471 e. The van der Waals surface area contributed by atoms with Gasteiger partial charge >= 0.3 is 5.97 Å². The van der Waals surface area contributed by atoms with Crippen LogP contribution in [0.5, 0.6) is 0 Å². The summed E-state index contributed by atoms with van der Waals surface area (Å²) in [6.45, 7) is 0.802. The Labute approximate surface area is 160 Å². The third kappa shape index (κ3) is 3.31. The molecule has 9 atom stereocenters. The van der Waals surface area contributed by atoms with Gasteiger partial charge in [0.1, 0.15) is 35.6 Å². The Balaban J connectivity index is 1.88. The van der Waals surface area contributed by atoms with Gasteiger partial charge in [-0.1, -0.05) is 0 Å². The van der Waals surface area contributed by atoms with Crippen LogP contribution in [0.3, 0.4) is 0 Å². The molecule has 1 aliphatic carbocycles. The number of hydrogen-bond donors (Lipinski definition) is 6. The molecule has 2 heterocycles. The maximum atomic E-state index is 12.0. The lowest BCUT2D eigenvalue weighted by atomic mass is 9.77. The number of esters is 1. The summed E-state index contributed by atoms with van der Waals surface area (Å²) in [7, 11) is 1.14. The predicted octanol–water partition coefficient (Wildman–Crippen LogP) is -2.89. The van der Waals surface area contributed by atoms with E-state index in [1.54, 1.807) is 0 Å². The lowest BCUT2D eigenvalue weighted by Gasteiger charge is -2.46. The standard InChI is InChI=1S/C17H26O11/c1-16(23)3-4-17(24)7(13(22)25-2)6-26-15(12(16)17)28-14-11(21)10(20)9(19)8(5-18)27-14/h6,8-12,14-15,18-21,23-24H,3-5H2,1-2H3/t8-,9-,10+,11-,12-,14?,15+,16+,17+/m1/s1. The van der Waals surface area contributed by atoms with Crippen LogP contribution in [-0.2, 0) is 23.7 Å². The van der Waals surface area contributed by atoms with E-state index >= 15 is 0 Å². The van der Waals surface area contributed by atoms with Crippen LogP contribution in [0.25, 0.3) is 0 Å². The number of hydrogen-bond acceptors (Lipinski definition) is 11. The molecule has 2 fully saturated rings. The highest BCUT2D eigenvalue weighted by Crippen LogP contribution is 2.52. The van der Waals surface area contributed by atoms with E-state index in [1.165, 1.54) is 6.92 Å². The fraction of sp³-hybridized carbons (Fsp3) is 0.824. The van der Waals surface area contributed by atoms with E-state index in [2.05, 4.69) is 4.74 Å². The van der Waals surface area contributed by atoms with Crippen LogP contribution in [0.15, 0.2) is 11.8 Å². The monoisotopic (exact) mass is 406 g/mol. The molecular weight excluding hydrogens is 380 g/mol. The van der Waals surface area contributed by atoms with Gasteiger partial charge < -0.3 is 49.6 Å². The van der Waals surface area contributed by atoms with Crippen molar-refractivity contribution in [1.82, 2.24) is 0 Å². The fourth-order valence-electron chi connectivity index (χ4n) is 4.16. The number of methoxy groups -OCH3 is 1. The molecule has 11 nitrogen and oxygen atoms in total. The summed E-state index contributed by atoms with van der Waals surface area (Å²) < 4.78 is 20.9. The quantitative estimate of drug-likeness (QED) is 0.264. The Hall–Kier alpha value is -1.31. The van der Waals surface area contributed by atoms with Gasteiger partial charge in [-0.3, -0.25) is 0 Å². The Morgan fingerprint density at radius 2 is 1.86 bits per heavy atom. The average molecular weight is 406 g/mol. The van der Waals surface area contributed by atoms with E-state index in [-0.39, 0.29) is 18.4 Å². The molecule has 1 saturated heterocycles. The van der Waals surface area contributed by atoms with Crippen LogP contribution < -0.4 is 0 Å². The van der Waals surface area contributed by atoms with Gasteiger partial charge in [-0.05, 0) is 19.8 Å². The first-order valence-corrected chi connectivity index (χ1v) is 8.92. The van der Waals surface area contributed by atoms with E-state index < -0.39 is 66.7 Å². The van der Waals surface area contributed by atoms with Gasteiger partial charge in [-0.15, -0.1) is 0 Å². The van der Waals surface area contributed by atoms with Crippen molar-refractivity contribution in [2.45, 2.75) is 68.0 Å². The second kappa shape index (κ2) is 7.50. The van der Waals surface area contributed by atoms with Gasteiger partial charge in [0.25, 0.3) is 0 Å². The minimum absolute atomic E-state index is 0.0313. The van der Waals surface area contributed by atoms with Crippen molar-refractivity contribution in [2.24, 2.45) is 5.92 Å². The number of ether oxygens (including phenoxy) is 4. The summed E-state index contributed by atoms with van der Waals surface area (Å²) in [5.74, 6) is -1.97. The average Bonchev–Trinajstić information content (AvgIpc) is 2.92. The van der Waals surface area contributed by atoms with Gasteiger partial charge in [-0.25, -0.2) is 4.79 Å². The Kier molecular flexibility index (Phi) is 5.73. The summed E-state index contributed by atoms with van der Waals surface area (Å²) in [6.07, 6.45) is -7.88. The van der Waals surface area contributed by atoms with E-state index in [0.717, 1.165) is 13.4 Å². The molecule has 28 heavy (non-hydrogen) atoms.